The van der Waals surface area contributed by atoms with E-state index < -0.39 is 6.04 Å². The van der Waals surface area contributed by atoms with E-state index in [4.69, 9.17) is 4.42 Å². The van der Waals surface area contributed by atoms with Gasteiger partial charge in [0.1, 0.15) is 11.8 Å². The Labute approximate surface area is 136 Å². The van der Waals surface area contributed by atoms with Gasteiger partial charge in [-0.15, -0.1) is 0 Å². The van der Waals surface area contributed by atoms with Gasteiger partial charge in [0.05, 0.1) is 12.8 Å². The quantitative estimate of drug-likeness (QED) is 0.861. The van der Waals surface area contributed by atoms with Crippen LogP contribution in [0.15, 0.2) is 47.1 Å². The van der Waals surface area contributed by atoms with Gasteiger partial charge in [-0.2, -0.15) is 0 Å². The van der Waals surface area contributed by atoms with E-state index in [-0.39, 0.29) is 17.7 Å². The van der Waals surface area contributed by atoms with Gasteiger partial charge in [0, 0.05) is 5.56 Å². The van der Waals surface area contributed by atoms with Crippen LogP contribution in [0, 0.1) is 12.8 Å². The number of carbonyl (C=O) groups is 2. The molecular weight excluding hydrogens is 292 g/mol. The highest BCUT2D eigenvalue weighted by molar-refractivity contribution is 5.97. The molecule has 0 aliphatic rings. The second-order valence-corrected chi connectivity index (χ2v) is 5.86. The molecule has 0 fully saturated rings. The fourth-order valence-electron chi connectivity index (χ4n) is 2.24. The summed E-state index contributed by atoms with van der Waals surface area (Å²) in [4.78, 5) is 24.7. The molecule has 1 atom stereocenters. The fraction of sp³-hybridized carbons (Fsp3) is 0.333. The predicted molar refractivity (Wildman–Crippen MR) is 87.8 cm³/mol. The minimum atomic E-state index is -0.599. The highest BCUT2D eigenvalue weighted by atomic mass is 16.3. The Balaban J connectivity index is 2.00. The zero-order valence-electron chi connectivity index (χ0n) is 13.6. The lowest BCUT2D eigenvalue weighted by Crippen LogP contribution is -2.49. The lowest BCUT2D eigenvalue weighted by molar-refractivity contribution is -0.124. The van der Waals surface area contributed by atoms with E-state index in [0.29, 0.717) is 17.9 Å². The number of amides is 2. The summed E-state index contributed by atoms with van der Waals surface area (Å²) in [7, 11) is 0. The first-order chi connectivity index (χ1) is 11.0. The van der Waals surface area contributed by atoms with Crippen molar-refractivity contribution >= 4 is 11.8 Å². The molecule has 122 valence electrons. The van der Waals surface area contributed by atoms with Crippen LogP contribution in [0.4, 0.5) is 0 Å². The highest BCUT2D eigenvalue weighted by Gasteiger charge is 2.24. The topological polar surface area (TPSA) is 71.3 Å². The number of hydrogen-bond acceptors (Lipinski definition) is 3. The lowest BCUT2D eigenvalue weighted by Gasteiger charge is -2.21. The molecule has 23 heavy (non-hydrogen) atoms. The average molecular weight is 314 g/mol. The summed E-state index contributed by atoms with van der Waals surface area (Å²) in [6.45, 7) is 6.02. The molecule has 0 unspecified atom stereocenters. The molecule has 0 spiro atoms. The van der Waals surface area contributed by atoms with Crippen molar-refractivity contribution < 1.29 is 14.0 Å². The monoisotopic (exact) mass is 314 g/mol. The van der Waals surface area contributed by atoms with E-state index in [9.17, 15) is 9.59 Å². The van der Waals surface area contributed by atoms with Crippen LogP contribution in [-0.4, -0.2) is 17.9 Å². The predicted octanol–water partition coefficient (Wildman–Crippen LogP) is 2.66. The maximum absolute atomic E-state index is 12.3. The average Bonchev–Trinajstić information content (AvgIpc) is 3.03. The molecule has 1 aromatic carbocycles. The van der Waals surface area contributed by atoms with Crippen LogP contribution in [0.25, 0.3) is 0 Å². The second kappa shape index (κ2) is 7.63. The van der Waals surface area contributed by atoms with Crippen molar-refractivity contribution in [2.75, 3.05) is 0 Å². The highest BCUT2D eigenvalue weighted by Crippen LogP contribution is 2.08. The molecule has 0 bridgehead atoms. The Morgan fingerprint density at radius 3 is 2.57 bits per heavy atom. The molecule has 0 saturated carbocycles. The Bertz CT molecular complexity index is 663. The molecule has 2 rings (SSSR count). The maximum atomic E-state index is 12.3. The summed E-state index contributed by atoms with van der Waals surface area (Å²) >= 11 is 0. The van der Waals surface area contributed by atoms with Gasteiger partial charge < -0.3 is 15.1 Å². The van der Waals surface area contributed by atoms with Crippen molar-refractivity contribution in [1.29, 1.82) is 0 Å². The van der Waals surface area contributed by atoms with E-state index in [1.807, 2.05) is 32.9 Å². The summed E-state index contributed by atoms with van der Waals surface area (Å²) in [6, 6.07) is 10.2. The number of aryl methyl sites for hydroxylation is 1. The van der Waals surface area contributed by atoms with Crippen molar-refractivity contribution in [2.24, 2.45) is 5.92 Å². The molecule has 0 saturated heterocycles. The number of hydrogen-bond donors (Lipinski definition) is 2. The molecule has 0 radical (unpaired) electrons. The second-order valence-electron chi connectivity index (χ2n) is 5.86. The van der Waals surface area contributed by atoms with Crippen LogP contribution >= 0.6 is 0 Å². The largest absolute Gasteiger partial charge is 0.467 e. The number of furan rings is 1. The minimum absolute atomic E-state index is 0.0274. The van der Waals surface area contributed by atoms with E-state index >= 15 is 0 Å². The van der Waals surface area contributed by atoms with Gasteiger partial charge in [0.15, 0.2) is 0 Å². The summed E-state index contributed by atoms with van der Waals surface area (Å²) in [6.07, 6.45) is 1.56. The van der Waals surface area contributed by atoms with Crippen molar-refractivity contribution in [3.8, 4) is 0 Å². The Morgan fingerprint density at radius 2 is 1.96 bits per heavy atom. The van der Waals surface area contributed by atoms with Crippen molar-refractivity contribution in [3.63, 3.8) is 0 Å². The van der Waals surface area contributed by atoms with Crippen LogP contribution in [0.2, 0.25) is 0 Å². The van der Waals surface area contributed by atoms with Gasteiger partial charge >= 0.3 is 0 Å². The zero-order chi connectivity index (χ0) is 16.8. The molecule has 2 amide bonds. The molecule has 5 nitrogen and oxygen atoms in total. The Kier molecular flexibility index (Phi) is 5.57. The summed E-state index contributed by atoms with van der Waals surface area (Å²) in [5, 5.41) is 5.60. The van der Waals surface area contributed by atoms with Crippen molar-refractivity contribution in [3.05, 3.63) is 59.5 Å². The molecular formula is C18H22N2O3. The molecule has 0 aliphatic heterocycles. The van der Waals surface area contributed by atoms with Crippen LogP contribution < -0.4 is 10.6 Å². The van der Waals surface area contributed by atoms with Crippen molar-refractivity contribution in [2.45, 2.75) is 33.4 Å². The summed E-state index contributed by atoms with van der Waals surface area (Å²) < 4.78 is 5.19. The first-order valence-electron chi connectivity index (χ1n) is 7.65. The van der Waals surface area contributed by atoms with Gasteiger partial charge in [-0.3, -0.25) is 9.59 Å². The molecule has 2 N–H and O–H groups in total. The van der Waals surface area contributed by atoms with Gasteiger partial charge in [-0.25, -0.2) is 0 Å². The van der Waals surface area contributed by atoms with E-state index in [1.165, 1.54) is 0 Å². The van der Waals surface area contributed by atoms with Gasteiger partial charge in [0.25, 0.3) is 5.91 Å². The maximum Gasteiger partial charge on any atom is 0.251 e. The van der Waals surface area contributed by atoms with E-state index in [2.05, 4.69) is 10.6 Å². The third kappa shape index (κ3) is 4.71. The van der Waals surface area contributed by atoms with Crippen LogP contribution in [0.1, 0.15) is 35.5 Å². The van der Waals surface area contributed by atoms with Gasteiger partial charge in [0.2, 0.25) is 5.91 Å². The molecule has 5 heteroatoms. The smallest absolute Gasteiger partial charge is 0.251 e. The third-order valence-electron chi connectivity index (χ3n) is 3.53. The van der Waals surface area contributed by atoms with Crippen molar-refractivity contribution in [1.82, 2.24) is 10.6 Å². The zero-order valence-corrected chi connectivity index (χ0v) is 13.6. The standard InChI is InChI=1S/C18H22N2O3/c1-12(2)16(18(22)19-11-15-8-5-9-23-15)20-17(21)14-7-4-6-13(3)10-14/h4-10,12,16H,11H2,1-3H3,(H,19,22)(H,20,21)/t16-/m0/s1. The Morgan fingerprint density at radius 1 is 1.17 bits per heavy atom. The SMILES string of the molecule is Cc1cccc(C(=O)N[C@H](C(=O)NCc2ccco2)C(C)C)c1. The molecule has 1 heterocycles. The number of rotatable bonds is 6. The summed E-state index contributed by atoms with van der Waals surface area (Å²) in [5.41, 5.74) is 1.55. The third-order valence-corrected chi connectivity index (χ3v) is 3.53. The normalized spacial score (nSPS) is 12.0. The van der Waals surface area contributed by atoms with Crippen LogP contribution in [0.3, 0.4) is 0 Å². The van der Waals surface area contributed by atoms with E-state index in [0.717, 1.165) is 5.56 Å². The van der Waals surface area contributed by atoms with E-state index in [1.54, 1.807) is 30.5 Å². The van der Waals surface area contributed by atoms with Crippen LogP contribution in [-0.2, 0) is 11.3 Å². The molecule has 1 aromatic heterocycles. The van der Waals surface area contributed by atoms with Gasteiger partial charge in [-0.1, -0.05) is 31.5 Å². The van der Waals surface area contributed by atoms with Crippen LogP contribution in [0.5, 0.6) is 0 Å². The first kappa shape index (κ1) is 16.8. The minimum Gasteiger partial charge on any atom is -0.467 e. The number of carbonyl (C=O) groups excluding carboxylic acids is 2. The summed E-state index contributed by atoms with van der Waals surface area (Å²) in [5.74, 6) is 0.171. The Hall–Kier alpha value is -2.56. The first-order valence-corrected chi connectivity index (χ1v) is 7.65. The van der Waals surface area contributed by atoms with Gasteiger partial charge in [-0.05, 0) is 37.1 Å². The molecule has 0 aliphatic carbocycles. The number of nitrogens with one attached hydrogen (secondary N) is 2. The lowest BCUT2D eigenvalue weighted by atomic mass is 10.0. The number of benzene rings is 1. The molecule has 2 aromatic rings. The fourth-order valence-corrected chi connectivity index (χ4v) is 2.24.